The molecule has 2 rings (SSSR count). The Hall–Kier alpha value is -1.81. The molecule has 0 aliphatic heterocycles. The number of anilines is 1. The number of aromatic nitrogens is 1. The lowest BCUT2D eigenvalue weighted by Crippen LogP contribution is -2.03. The molecule has 18 heavy (non-hydrogen) atoms. The van der Waals surface area contributed by atoms with Crippen LogP contribution in [0.3, 0.4) is 0 Å². The minimum atomic E-state index is -0.323. The van der Waals surface area contributed by atoms with E-state index in [0.29, 0.717) is 23.0 Å². The second-order valence-electron chi connectivity index (χ2n) is 3.64. The quantitative estimate of drug-likeness (QED) is 0.920. The summed E-state index contributed by atoms with van der Waals surface area (Å²) in [6.07, 6.45) is 1.62. The SMILES string of the molecule is COc1ccc(NCc2c(F)cccc2Cl)cn1. The monoisotopic (exact) mass is 266 g/mol. The molecule has 3 nitrogen and oxygen atoms in total. The Bertz CT molecular complexity index is 511. The lowest BCUT2D eigenvalue weighted by Gasteiger charge is -2.09. The molecule has 0 amide bonds. The van der Waals surface area contributed by atoms with Crippen molar-refractivity contribution in [2.45, 2.75) is 6.54 Å². The van der Waals surface area contributed by atoms with Crippen LogP contribution in [0.5, 0.6) is 5.88 Å². The molecule has 94 valence electrons. The minimum Gasteiger partial charge on any atom is -0.481 e. The van der Waals surface area contributed by atoms with E-state index in [1.165, 1.54) is 6.07 Å². The third-order valence-corrected chi connectivity index (χ3v) is 2.83. The molecule has 1 aromatic carbocycles. The maximum absolute atomic E-state index is 13.5. The summed E-state index contributed by atoms with van der Waals surface area (Å²) in [6.45, 7) is 0.305. The molecular weight excluding hydrogens is 255 g/mol. The van der Waals surface area contributed by atoms with Crippen LogP contribution in [0.2, 0.25) is 5.02 Å². The van der Waals surface area contributed by atoms with Crippen LogP contribution in [0.1, 0.15) is 5.56 Å². The van der Waals surface area contributed by atoms with Crippen LogP contribution in [-0.4, -0.2) is 12.1 Å². The zero-order valence-electron chi connectivity index (χ0n) is 9.78. The van der Waals surface area contributed by atoms with Crippen molar-refractivity contribution >= 4 is 17.3 Å². The lowest BCUT2D eigenvalue weighted by atomic mass is 10.2. The van der Waals surface area contributed by atoms with Gasteiger partial charge < -0.3 is 10.1 Å². The molecule has 0 spiro atoms. The van der Waals surface area contributed by atoms with Gasteiger partial charge in [-0.25, -0.2) is 9.37 Å². The molecule has 0 saturated heterocycles. The molecule has 0 fully saturated rings. The van der Waals surface area contributed by atoms with Gasteiger partial charge in [-0.05, 0) is 18.2 Å². The molecule has 2 aromatic rings. The van der Waals surface area contributed by atoms with Gasteiger partial charge in [0.1, 0.15) is 5.82 Å². The van der Waals surface area contributed by atoms with E-state index < -0.39 is 0 Å². The third kappa shape index (κ3) is 2.90. The normalized spacial score (nSPS) is 10.2. The number of nitrogens with one attached hydrogen (secondary N) is 1. The summed E-state index contributed by atoms with van der Waals surface area (Å²) in [5, 5.41) is 3.46. The average molecular weight is 267 g/mol. The van der Waals surface area contributed by atoms with Crippen LogP contribution in [0.15, 0.2) is 36.5 Å². The second-order valence-corrected chi connectivity index (χ2v) is 4.05. The van der Waals surface area contributed by atoms with Gasteiger partial charge in [-0.2, -0.15) is 0 Å². The summed E-state index contributed by atoms with van der Waals surface area (Å²) in [6, 6.07) is 8.16. The average Bonchev–Trinajstić information content (AvgIpc) is 2.39. The largest absolute Gasteiger partial charge is 0.481 e. The predicted octanol–water partition coefficient (Wildman–Crippen LogP) is 3.49. The first-order valence-corrected chi connectivity index (χ1v) is 5.75. The Morgan fingerprint density at radius 3 is 2.78 bits per heavy atom. The van der Waals surface area contributed by atoms with Gasteiger partial charge in [-0.15, -0.1) is 0 Å². The molecule has 0 bridgehead atoms. The van der Waals surface area contributed by atoms with Gasteiger partial charge in [-0.1, -0.05) is 17.7 Å². The second kappa shape index (κ2) is 5.69. The van der Waals surface area contributed by atoms with E-state index >= 15 is 0 Å². The molecule has 0 radical (unpaired) electrons. The zero-order valence-corrected chi connectivity index (χ0v) is 10.5. The van der Waals surface area contributed by atoms with E-state index in [1.807, 2.05) is 0 Å². The topological polar surface area (TPSA) is 34.1 Å². The molecule has 1 N–H and O–H groups in total. The van der Waals surface area contributed by atoms with Crippen LogP contribution in [0, 0.1) is 5.82 Å². The fraction of sp³-hybridized carbons (Fsp3) is 0.154. The first kappa shape index (κ1) is 12.6. The standard InChI is InChI=1S/C13H12ClFN2O/c1-18-13-6-5-9(7-17-13)16-8-10-11(14)3-2-4-12(10)15/h2-7,16H,8H2,1H3. The summed E-state index contributed by atoms with van der Waals surface area (Å²) < 4.78 is 18.5. The first-order valence-electron chi connectivity index (χ1n) is 5.37. The molecule has 0 aliphatic rings. The van der Waals surface area contributed by atoms with Crippen LogP contribution in [0.4, 0.5) is 10.1 Å². The maximum atomic E-state index is 13.5. The van der Waals surface area contributed by atoms with Crippen molar-refractivity contribution in [3.8, 4) is 5.88 Å². The highest BCUT2D eigenvalue weighted by molar-refractivity contribution is 6.31. The molecule has 0 unspecified atom stereocenters. The molecule has 0 atom stereocenters. The van der Waals surface area contributed by atoms with Crippen molar-refractivity contribution in [1.29, 1.82) is 0 Å². The van der Waals surface area contributed by atoms with Crippen molar-refractivity contribution in [2.75, 3.05) is 12.4 Å². The highest BCUT2D eigenvalue weighted by Crippen LogP contribution is 2.20. The minimum absolute atomic E-state index is 0.305. The fourth-order valence-corrected chi connectivity index (χ4v) is 1.73. The first-order chi connectivity index (χ1) is 8.70. The van der Waals surface area contributed by atoms with Gasteiger partial charge in [-0.3, -0.25) is 0 Å². The Kier molecular flexibility index (Phi) is 3.99. The summed E-state index contributed by atoms with van der Waals surface area (Å²) in [5.74, 6) is 0.209. The van der Waals surface area contributed by atoms with Crippen molar-refractivity contribution in [2.24, 2.45) is 0 Å². The number of hydrogen-bond donors (Lipinski definition) is 1. The van der Waals surface area contributed by atoms with Gasteiger partial charge >= 0.3 is 0 Å². The number of hydrogen-bond acceptors (Lipinski definition) is 3. The van der Waals surface area contributed by atoms with Crippen molar-refractivity contribution in [3.05, 3.63) is 52.9 Å². The van der Waals surface area contributed by atoms with Gasteiger partial charge in [0, 0.05) is 23.2 Å². The summed E-state index contributed by atoms with van der Waals surface area (Å²) in [4.78, 5) is 4.04. The van der Waals surface area contributed by atoms with E-state index in [2.05, 4.69) is 10.3 Å². The molecular formula is C13H12ClFN2O. The number of halogens is 2. The Morgan fingerprint density at radius 2 is 2.17 bits per heavy atom. The maximum Gasteiger partial charge on any atom is 0.213 e. The van der Waals surface area contributed by atoms with Crippen LogP contribution in [-0.2, 0) is 6.54 Å². The summed E-state index contributed by atoms with van der Waals surface area (Å²) >= 11 is 5.93. The van der Waals surface area contributed by atoms with Gasteiger partial charge in [0.05, 0.1) is 19.0 Å². The predicted molar refractivity (Wildman–Crippen MR) is 69.5 cm³/mol. The number of benzene rings is 1. The third-order valence-electron chi connectivity index (χ3n) is 2.48. The van der Waals surface area contributed by atoms with Gasteiger partial charge in [0.25, 0.3) is 0 Å². The van der Waals surface area contributed by atoms with Crippen LogP contribution >= 0.6 is 11.6 Å². The number of ether oxygens (including phenoxy) is 1. The summed E-state index contributed by atoms with van der Waals surface area (Å²) in [5.41, 5.74) is 1.21. The van der Waals surface area contributed by atoms with Crippen LogP contribution < -0.4 is 10.1 Å². The van der Waals surface area contributed by atoms with Crippen LogP contribution in [0.25, 0.3) is 0 Å². The zero-order chi connectivity index (χ0) is 13.0. The van der Waals surface area contributed by atoms with Gasteiger partial charge in [0.2, 0.25) is 5.88 Å². The van der Waals surface area contributed by atoms with Crippen molar-refractivity contribution in [1.82, 2.24) is 4.98 Å². The van der Waals surface area contributed by atoms with E-state index in [1.54, 1.807) is 37.6 Å². The summed E-state index contributed by atoms with van der Waals surface area (Å²) in [7, 11) is 1.55. The number of rotatable bonds is 4. The number of pyridine rings is 1. The highest BCUT2D eigenvalue weighted by Gasteiger charge is 2.06. The van der Waals surface area contributed by atoms with E-state index in [0.717, 1.165) is 5.69 Å². The van der Waals surface area contributed by atoms with Crippen molar-refractivity contribution < 1.29 is 9.13 Å². The number of nitrogens with zero attached hydrogens (tertiary/aromatic N) is 1. The van der Waals surface area contributed by atoms with Crippen molar-refractivity contribution in [3.63, 3.8) is 0 Å². The van der Waals surface area contributed by atoms with E-state index in [-0.39, 0.29) is 5.82 Å². The highest BCUT2D eigenvalue weighted by atomic mass is 35.5. The smallest absolute Gasteiger partial charge is 0.213 e. The molecule has 0 aliphatic carbocycles. The Labute approximate surface area is 110 Å². The van der Waals surface area contributed by atoms with E-state index in [4.69, 9.17) is 16.3 Å². The fourth-order valence-electron chi connectivity index (χ4n) is 1.50. The molecule has 0 saturated carbocycles. The molecule has 5 heteroatoms. The molecule has 1 aromatic heterocycles. The lowest BCUT2D eigenvalue weighted by molar-refractivity contribution is 0.398. The Balaban J connectivity index is 2.06. The number of methoxy groups -OCH3 is 1. The Morgan fingerprint density at radius 1 is 1.33 bits per heavy atom. The molecule has 1 heterocycles. The van der Waals surface area contributed by atoms with E-state index in [9.17, 15) is 4.39 Å². The van der Waals surface area contributed by atoms with Gasteiger partial charge in [0.15, 0.2) is 0 Å².